The topological polar surface area (TPSA) is 150 Å². The average molecular weight is 616 g/mol. The number of benzene rings is 3. The number of nitrogens with zero attached hydrogens (tertiary/aromatic N) is 2. The SMILES string of the molecule is Cc1ccc(NC(=O)C(=O)NCc2ccc(/C=N\NC(=O)CN(CCc3ccccc3)S(=O)(=O)c3ccccc3)o2)cc1C. The summed E-state index contributed by atoms with van der Waals surface area (Å²) in [5.74, 6) is -1.65. The molecular weight excluding hydrogens is 582 g/mol. The molecule has 3 N–H and O–H groups in total. The van der Waals surface area contributed by atoms with Gasteiger partial charge in [-0.05, 0) is 73.4 Å². The molecular formula is C32H33N5O6S. The molecule has 0 radical (unpaired) electrons. The molecule has 0 unspecified atom stereocenters. The van der Waals surface area contributed by atoms with Crippen LogP contribution in [0.4, 0.5) is 5.69 Å². The monoisotopic (exact) mass is 615 g/mol. The van der Waals surface area contributed by atoms with E-state index < -0.39 is 34.3 Å². The number of hydrogen-bond acceptors (Lipinski definition) is 7. The van der Waals surface area contributed by atoms with E-state index in [0.717, 1.165) is 21.0 Å². The predicted octanol–water partition coefficient (Wildman–Crippen LogP) is 3.54. The Balaban J connectivity index is 1.29. The first kappa shape index (κ1) is 31.9. The van der Waals surface area contributed by atoms with E-state index in [0.29, 0.717) is 17.9 Å². The molecule has 0 fully saturated rings. The van der Waals surface area contributed by atoms with Crippen molar-refractivity contribution in [1.82, 2.24) is 15.0 Å². The van der Waals surface area contributed by atoms with Crippen LogP contribution in [0, 0.1) is 13.8 Å². The minimum Gasteiger partial charge on any atom is -0.458 e. The van der Waals surface area contributed by atoms with Crippen LogP contribution in [-0.2, 0) is 37.4 Å². The van der Waals surface area contributed by atoms with Gasteiger partial charge in [-0.3, -0.25) is 14.4 Å². The number of amides is 3. The van der Waals surface area contributed by atoms with Gasteiger partial charge in [0.2, 0.25) is 10.0 Å². The number of aryl methyl sites for hydroxylation is 2. The zero-order valence-corrected chi connectivity index (χ0v) is 25.1. The molecule has 0 aliphatic rings. The number of rotatable bonds is 12. The van der Waals surface area contributed by atoms with E-state index in [4.69, 9.17) is 4.42 Å². The molecule has 1 aromatic heterocycles. The minimum absolute atomic E-state index is 0.0485. The van der Waals surface area contributed by atoms with Crippen molar-refractivity contribution in [3.63, 3.8) is 0 Å². The lowest BCUT2D eigenvalue weighted by Gasteiger charge is -2.21. The van der Waals surface area contributed by atoms with Gasteiger partial charge in [-0.1, -0.05) is 54.6 Å². The lowest BCUT2D eigenvalue weighted by atomic mass is 10.1. The van der Waals surface area contributed by atoms with Crippen molar-refractivity contribution in [3.8, 4) is 0 Å². The zero-order chi connectivity index (χ0) is 31.5. The van der Waals surface area contributed by atoms with Gasteiger partial charge in [0.1, 0.15) is 11.5 Å². The Kier molecular flexibility index (Phi) is 10.8. The highest BCUT2D eigenvalue weighted by Gasteiger charge is 2.26. The summed E-state index contributed by atoms with van der Waals surface area (Å²) in [6, 6.07) is 25.8. The van der Waals surface area contributed by atoms with Crippen LogP contribution in [0.1, 0.15) is 28.2 Å². The molecule has 3 aromatic carbocycles. The Hall–Kier alpha value is -5.07. The molecule has 11 nitrogen and oxygen atoms in total. The zero-order valence-electron chi connectivity index (χ0n) is 24.3. The van der Waals surface area contributed by atoms with Crippen molar-refractivity contribution in [1.29, 1.82) is 0 Å². The Morgan fingerprint density at radius 2 is 1.57 bits per heavy atom. The fourth-order valence-electron chi connectivity index (χ4n) is 4.10. The molecule has 0 aliphatic heterocycles. The van der Waals surface area contributed by atoms with Crippen molar-refractivity contribution in [2.75, 3.05) is 18.4 Å². The quantitative estimate of drug-likeness (QED) is 0.126. The molecule has 0 bridgehead atoms. The molecule has 0 spiro atoms. The second kappa shape index (κ2) is 14.9. The van der Waals surface area contributed by atoms with Crippen LogP contribution in [0.5, 0.6) is 0 Å². The van der Waals surface area contributed by atoms with Crippen LogP contribution in [0.25, 0.3) is 0 Å². The van der Waals surface area contributed by atoms with E-state index in [1.807, 2.05) is 50.2 Å². The lowest BCUT2D eigenvalue weighted by Crippen LogP contribution is -2.40. The summed E-state index contributed by atoms with van der Waals surface area (Å²) in [5.41, 5.74) is 5.84. The molecule has 0 atom stereocenters. The standard InChI is InChI=1S/C32H33N5O6S/c1-23-13-14-26(19-24(23)2)35-32(40)31(39)33-20-27-15-16-28(43-27)21-34-36-30(38)22-37(18-17-25-9-5-3-6-10-25)44(41,42)29-11-7-4-8-12-29/h3-16,19,21H,17-18,20,22H2,1-2H3,(H,33,39)(H,35,40)(H,36,38)/b34-21-. The fraction of sp³-hybridized carbons (Fsp3) is 0.188. The Morgan fingerprint density at radius 1 is 0.864 bits per heavy atom. The van der Waals surface area contributed by atoms with Crippen LogP contribution in [0.2, 0.25) is 0 Å². The second-order valence-corrected chi connectivity index (χ2v) is 11.9. The van der Waals surface area contributed by atoms with E-state index in [9.17, 15) is 22.8 Å². The summed E-state index contributed by atoms with van der Waals surface area (Å²) in [6.45, 7) is 3.46. The summed E-state index contributed by atoms with van der Waals surface area (Å²) in [4.78, 5) is 37.2. The fourth-order valence-corrected chi connectivity index (χ4v) is 5.52. The van der Waals surface area contributed by atoms with E-state index >= 15 is 0 Å². The van der Waals surface area contributed by atoms with Crippen molar-refractivity contribution in [2.24, 2.45) is 5.10 Å². The second-order valence-electron chi connectivity index (χ2n) is 9.92. The van der Waals surface area contributed by atoms with Crippen molar-refractivity contribution in [2.45, 2.75) is 31.7 Å². The number of carbonyl (C=O) groups is 3. The van der Waals surface area contributed by atoms with E-state index in [-0.39, 0.29) is 23.7 Å². The first-order valence-corrected chi connectivity index (χ1v) is 15.2. The summed E-state index contributed by atoms with van der Waals surface area (Å²) < 4.78 is 33.3. The van der Waals surface area contributed by atoms with Gasteiger partial charge < -0.3 is 15.1 Å². The summed E-state index contributed by atoms with van der Waals surface area (Å²) in [7, 11) is -3.94. The van der Waals surface area contributed by atoms with Gasteiger partial charge in [-0.25, -0.2) is 13.8 Å². The van der Waals surface area contributed by atoms with Gasteiger partial charge in [0.15, 0.2) is 0 Å². The highest BCUT2D eigenvalue weighted by molar-refractivity contribution is 7.89. The molecule has 1 heterocycles. The van der Waals surface area contributed by atoms with Crippen LogP contribution >= 0.6 is 0 Å². The smallest absolute Gasteiger partial charge is 0.313 e. The van der Waals surface area contributed by atoms with E-state index in [1.54, 1.807) is 42.5 Å². The lowest BCUT2D eigenvalue weighted by molar-refractivity contribution is -0.136. The highest BCUT2D eigenvalue weighted by atomic mass is 32.2. The maximum Gasteiger partial charge on any atom is 0.313 e. The molecule has 4 aromatic rings. The Bertz CT molecular complexity index is 1740. The summed E-state index contributed by atoms with van der Waals surface area (Å²) in [5, 5.41) is 8.91. The third-order valence-corrected chi connectivity index (χ3v) is 8.51. The summed E-state index contributed by atoms with van der Waals surface area (Å²) in [6.07, 6.45) is 1.66. The largest absolute Gasteiger partial charge is 0.458 e. The number of furan rings is 1. The number of carbonyl (C=O) groups excluding carboxylic acids is 3. The third kappa shape index (κ3) is 8.96. The first-order valence-electron chi connectivity index (χ1n) is 13.8. The maximum atomic E-state index is 13.3. The molecule has 4 rings (SSSR count). The number of hydrogen-bond donors (Lipinski definition) is 3. The number of hydrazone groups is 1. The molecule has 12 heteroatoms. The Morgan fingerprint density at radius 3 is 2.27 bits per heavy atom. The van der Waals surface area contributed by atoms with E-state index in [2.05, 4.69) is 21.2 Å². The van der Waals surface area contributed by atoms with Crippen LogP contribution < -0.4 is 16.1 Å². The first-order chi connectivity index (χ1) is 21.1. The number of sulfonamides is 1. The predicted molar refractivity (Wildman–Crippen MR) is 166 cm³/mol. The van der Waals surface area contributed by atoms with Gasteiger partial charge in [-0.15, -0.1) is 0 Å². The Labute approximate surface area is 256 Å². The van der Waals surface area contributed by atoms with Gasteiger partial charge in [0, 0.05) is 12.2 Å². The van der Waals surface area contributed by atoms with E-state index in [1.165, 1.54) is 18.3 Å². The van der Waals surface area contributed by atoms with Crippen LogP contribution in [0.3, 0.4) is 0 Å². The molecule has 3 amide bonds. The number of nitrogens with one attached hydrogen (secondary N) is 3. The van der Waals surface area contributed by atoms with Crippen LogP contribution in [-0.4, -0.2) is 49.7 Å². The van der Waals surface area contributed by atoms with Gasteiger partial charge in [0.25, 0.3) is 5.91 Å². The maximum absolute atomic E-state index is 13.3. The van der Waals surface area contributed by atoms with Crippen molar-refractivity contribution >= 4 is 39.6 Å². The molecule has 0 aliphatic carbocycles. The van der Waals surface area contributed by atoms with Gasteiger partial charge >= 0.3 is 11.8 Å². The van der Waals surface area contributed by atoms with Crippen molar-refractivity contribution < 1.29 is 27.2 Å². The highest BCUT2D eigenvalue weighted by Crippen LogP contribution is 2.16. The molecule has 228 valence electrons. The van der Waals surface area contributed by atoms with Crippen LogP contribution in [0.15, 0.2) is 105 Å². The average Bonchev–Trinajstić information content (AvgIpc) is 3.48. The molecule has 0 saturated carbocycles. The van der Waals surface area contributed by atoms with Crippen molar-refractivity contribution in [3.05, 3.63) is 119 Å². The molecule has 0 saturated heterocycles. The van der Waals surface area contributed by atoms with Gasteiger partial charge in [-0.2, -0.15) is 9.41 Å². The number of anilines is 1. The van der Waals surface area contributed by atoms with Gasteiger partial charge in [0.05, 0.1) is 24.2 Å². The molecule has 44 heavy (non-hydrogen) atoms. The summed E-state index contributed by atoms with van der Waals surface area (Å²) >= 11 is 0. The minimum atomic E-state index is -3.94. The normalized spacial score (nSPS) is 11.4. The third-order valence-electron chi connectivity index (χ3n) is 6.65.